The van der Waals surface area contributed by atoms with Crippen molar-refractivity contribution in [2.75, 3.05) is 0 Å². The molecule has 1 aromatic heterocycles. The predicted molar refractivity (Wildman–Crippen MR) is 67.2 cm³/mol. The van der Waals surface area contributed by atoms with E-state index >= 15 is 0 Å². The molecule has 0 aliphatic rings. The molecule has 1 heterocycles. The average Bonchev–Trinajstić information content (AvgIpc) is 2.89. The first-order chi connectivity index (χ1) is 9.16. The molecule has 0 saturated heterocycles. The maximum atomic E-state index is 11.8. The number of carboxylic acids is 1. The standard InChI is InChI=1S/C13H13N3O3/c17-11(9-16-8-4-7-14-16)15-12(13(18)19)10-5-2-1-3-6-10/h1-8,12H,9H2,(H,15,17)(H,18,19)/t12-/m1/s1. The quantitative estimate of drug-likeness (QED) is 0.832. The van der Waals surface area contributed by atoms with E-state index in [9.17, 15) is 9.59 Å². The zero-order valence-electron chi connectivity index (χ0n) is 10.1. The lowest BCUT2D eigenvalue weighted by molar-refractivity contribution is -0.142. The second-order valence-electron chi connectivity index (χ2n) is 3.95. The molecular formula is C13H13N3O3. The van der Waals surface area contributed by atoms with E-state index in [0.29, 0.717) is 5.56 Å². The number of rotatable bonds is 5. The van der Waals surface area contributed by atoms with Crippen molar-refractivity contribution < 1.29 is 14.7 Å². The Kier molecular flexibility index (Phi) is 3.92. The summed E-state index contributed by atoms with van der Waals surface area (Å²) in [4.78, 5) is 23.0. The van der Waals surface area contributed by atoms with Gasteiger partial charge in [-0.05, 0) is 11.6 Å². The highest BCUT2D eigenvalue weighted by atomic mass is 16.4. The summed E-state index contributed by atoms with van der Waals surface area (Å²) in [6.45, 7) is -0.0103. The van der Waals surface area contributed by atoms with E-state index in [-0.39, 0.29) is 6.54 Å². The van der Waals surface area contributed by atoms with Crippen molar-refractivity contribution in [1.82, 2.24) is 15.1 Å². The third kappa shape index (κ3) is 3.41. The van der Waals surface area contributed by atoms with Crippen LogP contribution in [0.15, 0.2) is 48.8 Å². The number of nitrogens with zero attached hydrogens (tertiary/aromatic N) is 2. The Bertz CT molecular complexity index is 552. The Morgan fingerprint density at radius 1 is 1.26 bits per heavy atom. The van der Waals surface area contributed by atoms with E-state index in [1.807, 2.05) is 0 Å². The molecule has 0 bridgehead atoms. The largest absolute Gasteiger partial charge is 0.479 e. The van der Waals surface area contributed by atoms with Gasteiger partial charge in [-0.3, -0.25) is 9.48 Å². The number of aromatic nitrogens is 2. The van der Waals surface area contributed by atoms with Gasteiger partial charge in [-0.1, -0.05) is 30.3 Å². The molecule has 0 fully saturated rings. The average molecular weight is 259 g/mol. The van der Waals surface area contributed by atoms with Crippen LogP contribution in [0.5, 0.6) is 0 Å². The topological polar surface area (TPSA) is 84.2 Å². The monoisotopic (exact) mass is 259 g/mol. The van der Waals surface area contributed by atoms with Crippen LogP contribution in [0.4, 0.5) is 0 Å². The number of carbonyl (C=O) groups excluding carboxylic acids is 1. The van der Waals surface area contributed by atoms with Crippen LogP contribution in [0.1, 0.15) is 11.6 Å². The van der Waals surface area contributed by atoms with E-state index in [2.05, 4.69) is 10.4 Å². The van der Waals surface area contributed by atoms with E-state index < -0.39 is 17.9 Å². The molecule has 98 valence electrons. The van der Waals surface area contributed by atoms with Gasteiger partial charge in [-0.25, -0.2) is 4.79 Å². The molecule has 0 saturated carbocycles. The molecule has 1 aromatic carbocycles. The fourth-order valence-corrected chi connectivity index (χ4v) is 1.68. The van der Waals surface area contributed by atoms with Crippen molar-refractivity contribution >= 4 is 11.9 Å². The molecule has 1 amide bonds. The van der Waals surface area contributed by atoms with Crippen LogP contribution in [-0.4, -0.2) is 26.8 Å². The Hall–Kier alpha value is -2.63. The summed E-state index contributed by atoms with van der Waals surface area (Å²) in [6, 6.07) is 9.20. The van der Waals surface area contributed by atoms with Gasteiger partial charge in [0, 0.05) is 12.4 Å². The van der Waals surface area contributed by atoms with E-state index in [1.54, 1.807) is 48.8 Å². The molecule has 6 heteroatoms. The van der Waals surface area contributed by atoms with E-state index in [1.165, 1.54) is 4.68 Å². The van der Waals surface area contributed by atoms with Gasteiger partial charge < -0.3 is 10.4 Å². The summed E-state index contributed by atoms with van der Waals surface area (Å²) in [7, 11) is 0. The molecule has 0 aliphatic carbocycles. The fraction of sp³-hybridized carbons (Fsp3) is 0.154. The van der Waals surface area contributed by atoms with Crippen LogP contribution in [0.2, 0.25) is 0 Å². The number of carbonyl (C=O) groups is 2. The van der Waals surface area contributed by atoms with Gasteiger partial charge >= 0.3 is 5.97 Å². The smallest absolute Gasteiger partial charge is 0.330 e. The van der Waals surface area contributed by atoms with Crippen LogP contribution >= 0.6 is 0 Å². The Morgan fingerprint density at radius 2 is 2.00 bits per heavy atom. The maximum absolute atomic E-state index is 11.8. The number of nitrogens with one attached hydrogen (secondary N) is 1. The van der Waals surface area contributed by atoms with Crippen molar-refractivity contribution in [1.29, 1.82) is 0 Å². The SMILES string of the molecule is O=C(Cn1cccn1)N[C@@H](C(=O)O)c1ccccc1. The second-order valence-corrected chi connectivity index (χ2v) is 3.95. The molecule has 2 rings (SSSR count). The summed E-state index contributed by atoms with van der Waals surface area (Å²) in [5.41, 5.74) is 0.531. The molecule has 6 nitrogen and oxygen atoms in total. The van der Waals surface area contributed by atoms with Gasteiger partial charge in [-0.2, -0.15) is 5.10 Å². The Morgan fingerprint density at radius 3 is 2.58 bits per heavy atom. The van der Waals surface area contributed by atoms with Crippen molar-refractivity contribution in [2.45, 2.75) is 12.6 Å². The van der Waals surface area contributed by atoms with Gasteiger partial charge in [0.2, 0.25) is 5.91 Å². The highest BCUT2D eigenvalue weighted by molar-refractivity contribution is 5.84. The molecule has 0 spiro atoms. The van der Waals surface area contributed by atoms with Gasteiger partial charge in [0.1, 0.15) is 6.54 Å². The van der Waals surface area contributed by atoms with Crippen LogP contribution < -0.4 is 5.32 Å². The minimum atomic E-state index is -1.10. The Balaban J connectivity index is 2.05. The van der Waals surface area contributed by atoms with Crippen molar-refractivity contribution in [2.24, 2.45) is 0 Å². The molecular weight excluding hydrogens is 246 g/mol. The lowest BCUT2D eigenvalue weighted by Gasteiger charge is -2.14. The van der Waals surface area contributed by atoms with Crippen molar-refractivity contribution in [3.05, 3.63) is 54.4 Å². The van der Waals surface area contributed by atoms with Gasteiger partial charge in [0.25, 0.3) is 0 Å². The summed E-state index contributed by atoms with van der Waals surface area (Å²) in [5, 5.41) is 15.5. The van der Waals surface area contributed by atoms with Crippen molar-refractivity contribution in [3.63, 3.8) is 0 Å². The number of hydrogen-bond donors (Lipinski definition) is 2. The van der Waals surface area contributed by atoms with Crippen LogP contribution in [-0.2, 0) is 16.1 Å². The van der Waals surface area contributed by atoms with Gasteiger partial charge in [0.05, 0.1) is 0 Å². The third-order valence-electron chi connectivity index (χ3n) is 2.55. The second kappa shape index (κ2) is 5.81. The minimum absolute atomic E-state index is 0.0103. The number of hydrogen-bond acceptors (Lipinski definition) is 3. The minimum Gasteiger partial charge on any atom is -0.479 e. The first-order valence-corrected chi connectivity index (χ1v) is 5.71. The zero-order chi connectivity index (χ0) is 13.7. The van der Waals surface area contributed by atoms with E-state index in [0.717, 1.165) is 0 Å². The zero-order valence-corrected chi connectivity index (χ0v) is 10.1. The molecule has 0 aliphatic heterocycles. The van der Waals surface area contributed by atoms with Crippen molar-refractivity contribution in [3.8, 4) is 0 Å². The number of aliphatic carboxylic acids is 1. The van der Waals surface area contributed by atoms with Crippen LogP contribution in [0, 0.1) is 0 Å². The number of benzene rings is 1. The first kappa shape index (κ1) is 12.8. The summed E-state index contributed by atoms with van der Waals surface area (Å²) in [5.74, 6) is -1.50. The van der Waals surface area contributed by atoms with Gasteiger partial charge in [-0.15, -0.1) is 0 Å². The summed E-state index contributed by atoms with van der Waals surface area (Å²) < 4.78 is 1.43. The maximum Gasteiger partial charge on any atom is 0.330 e. The summed E-state index contributed by atoms with van der Waals surface area (Å²) in [6.07, 6.45) is 3.19. The number of carboxylic acid groups (broad SMARTS) is 1. The molecule has 2 aromatic rings. The fourth-order valence-electron chi connectivity index (χ4n) is 1.68. The lowest BCUT2D eigenvalue weighted by Crippen LogP contribution is -2.35. The lowest BCUT2D eigenvalue weighted by atomic mass is 10.1. The summed E-state index contributed by atoms with van der Waals surface area (Å²) >= 11 is 0. The highest BCUT2D eigenvalue weighted by Gasteiger charge is 2.21. The van der Waals surface area contributed by atoms with Gasteiger partial charge in [0.15, 0.2) is 6.04 Å². The molecule has 1 atom stereocenters. The first-order valence-electron chi connectivity index (χ1n) is 5.71. The molecule has 19 heavy (non-hydrogen) atoms. The molecule has 0 unspecified atom stereocenters. The van der Waals surface area contributed by atoms with Crippen LogP contribution in [0.25, 0.3) is 0 Å². The highest BCUT2D eigenvalue weighted by Crippen LogP contribution is 2.12. The third-order valence-corrected chi connectivity index (χ3v) is 2.55. The molecule has 2 N–H and O–H groups in total. The number of amides is 1. The predicted octanol–water partition coefficient (Wildman–Crippen LogP) is 0.825. The normalized spacial score (nSPS) is 11.8. The van der Waals surface area contributed by atoms with E-state index in [4.69, 9.17) is 5.11 Å². The molecule has 0 radical (unpaired) electrons. The Labute approximate surface area is 109 Å². The van der Waals surface area contributed by atoms with Crippen LogP contribution in [0.3, 0.4) is 0 Å².